The smallest absolute Gasteiger partial charge is 0.0765 e. The molecule has 0 fully saturated rings. The van der Waals surface area contributed by atoms with Crippen LogP contribution in [0.3, 0.4) is 0 Å². The van der Waals surface area contributed by atoms with Crippen LogP contribution in [-0.2, 0) is 0 Å². The van der Waals surface area contributed by atoms with Gasteiger partial charge in [-0.05, 0) is 30.7 Å². The lowest BCUT2D eigenvalue weighted by Gasteiger charge is -2.13. The first-order chi connectivity index (χ1) is 8.09. The Labute approximate surface area is 116 Å². The highest BCUT2D eigenvalue weighted by atomic mass is 35.5. The number of rotatable bonds is 2. The lowest BCUT2D eigenvalue weighted by Crippen LogP contribution is -1.94. The van der Waals surface area contributed by atoms with Crippen molar-refractivity contribution < 1.29 is 0 Å². The number of anilines is 2. The van der Waals surface area contributed by atoms with Gasteiger partial charge < -0.3 is 5.32 Å². The molecular formula is C13H11Cl2NS. The maximum absolute atomic E-state index is 6.23. The normalized spacial score (nSPS) is 10.4. The first-order valence-electron chi connectivity index (χ1n) is 5.09. The quantitative estimate of drug-likeness (QED) is 0.710. The third kappa shape index (κ3) is 2.71. The molecule has 0 aliphatic carbocycles. The van der Waals surface area contributed by atoms with Gasteiger partial charge in [0, 0.05) is 4.90 Å². The number of hydrogen-bond donors (Lipinski definition) is 2. The van der Waals surface area contributed by atoms with Crippen LogP contribution >= 0.6 is 35.8 Å². The molecule has 1 N–H and O–H groups in total. The molecule has 2 aromatic carbocycles. The molecule has 88 valence electrons. The van der Waals surface area contributed by atoms with E-state index in [0.29, 0.717) is 10.0 Å². The molecule has 17 heavy (non-hydrogen) atoms. The van der Waals surface area contributed by atoms with Crippen LogP contribution in [0.1, 0.15) is 5.56 Å². The summed E-state index contributed by atoms with van der Waals surface area (Å²) in [7, 11) is 0. The van der Waals surface area contributed by atoms with Crippen molar-refractivity contribution in [3.63, 3.8) is 0 Å². The Morgan fingerprint density at radius 2 is 1.76 bits per heavy atom. The fourth-order valence-corrected chi connectivity index (χ4v) is 2.17. The molecule has 0 aromatic heterocycles. The lowest BCUT2D eigenvalue weighted by molar-refractivity contribution is 1.40. The minimum Gasteiger partial charge on any atom is -0.352 e. The van der Waals surface area contributed by atoms with E-state index >= 15 is 0 Å². The molecule has 0 heterocycles. The fraction of sp³-hybridized carbons (Fsp3) is 0.0769. The topological polar surface area (TPSA) is 12.0 Å². The van der Waals surface area contributed by atoms with Gasteiger partial charge in [-0.3, -0.25) is 0 Å². The molecule has 1 nitrogen and oxygen atoms in total. The summed E-state index contributed by atoms with van der Waals surface area (Å²) in [6.07, 6.45) is 0. The van der Waals surface area contributed by atoms with E-state index in [0.717, 1.165) is 21.8 Å². The SMILES string of the molecule is Cc1ccc(Cl)c(Nc2ccccc2S)c1Cl. The molecule has 0 saturated heterocycles. The molecule has 0 aliphatic rings. The maximum atomic E-state index is 6.23. The Kier molecular flexibility index (Phi) is 3.87. The highest BCUT2D eigenvalue weighted by Crippen LogP contribution is 2.36. The molecule has 0 bridgehead atoms. The summed E-state index contributed by atoms with van der Waals surface area (Å²) < 4.78 is 0. The second kappa shape index (κ2) is 5.21. The van der Waals surface area contributed by atoms with Crippen molar-refractivity contribution in [3.05, 3.63) is 52.0 Å². The van der Waals surface area contributed by atoms with E-state index in [1.165, 1.54) is 0 Å². The van der Waals surface area contributed by atoms with Gasteiger partial charge in [-0.2, -0.15) is 0 Å². The van der Waals surface area contributed by atoms with Gasteiger partial charge in [-0.1, -0.05) is 41.4 Å². The zero-order valence-electron chi connectivity index (χ0n) is 9.17. The number of aryl methyl sites for hydroxylation is 1. The Hall–Kier alpha value is -0.830. The monoisotopic (exact) mass is 283 g/mol. The van der Waals surface area contributed by atoms with Crippen LogP contribution in [0.4, 0.5) is 11.4 Å². The van der Waals surface area contributed by atoms with Crippen LogP contribution in [0.5, 0.6) is 0 Å². The lowest BCUT2D eigenvalue weighted by atomic mass is 10.2. The van der Waals surface area contributed by atoms with Gasteiger partial charge in [0.15, 0.2) is 0 Å². The Balaban J connectivity index is 2.43. The number of thiol groups is 1. The Morgan fingerprint density at radius 1 is 1.06 bits per heavy atom. The molecule has 0 atom stereocenters. The second-order valence-electron chi connectivity index (χ2n) is 3.70. The van der Waals surface area contributed by atoms with E-state index in [2.05, 4.69) is 17.9 Å². The minimum absolute atomic E-state index is 0.595. The van der Waals surface area contributed by atoms with E-state index in [4.69, 9.17) is 23.2 Å². The van der Waals surface area contributed by atoms with E-state index < -0.39 is 0 Å². The van der Waals surface area contributed by atoms with Gasteiger partial charge in [0.1, 0.15) is 0 Å². The molecule has 0 radical (unpaired) electrons. The molecule has 4 heteroatoms. The third-order valence-corrected chi connectivity index (χ3v) is 3.64. The van der Waals surface area contributed by atoms with Gasteiger partial charge in [-0.15, -0.1) is 12.6 Å². The highest BCUT2D eigenvalue weighted by molar-refractivity contribution is 7.80. The van der Waals surface area contributed by atoms with Gasteiger partial charge in [0.05, 0.1) is 21.4 Å². The van der Waals surface area contributed by atoms with Crippen molar-refractivity contribution in [1.82, 2.24) is 0 Å². The summed E-state index contributed by atoms with van der Waals surface area (Å²) in [5.74, 6) is 0. The van der Waals surface area contributed by atoms with Gasteiger partial charge in [0.2, 0.25) is 0 Å². The molecule has 2 aromatic rings. The zero-order chi connectivity index (χ0) is 12.4. The van der Waals surface area contributed by atoms with Crippen molar-refractivity contribution in [2.24, 2.45) is 0 Å². The molecule has 0 unspecified atom stereocenters. The number of para-hydroxylation sites is 1. The van der Waals surface area contributed by atoms with Crippen molar-refractivity contribution in [3.8, 4) is 0 Å². The molecule has 0 spiro atoms. The standard InChI is InChI=1S/C13H11Cl2NS/c1-8-6-7-9(14)13(12(8)15)16-10-4-2-3-5-11(10)17/h2-7,16-17H,1H3. The molecule has 0 amide bonds. The number of hydrogen-bond acceptors (Lipinski definition) is 2. The summed E-state index contributed by atoms with van der Waals surface area (Å²) >= 11 is 16.7. The average molecular weight is 284 g/mol. The maximum Gasteiger partial charge on any atom is 0.0765 e. The first-order valence-corrected chi connectivity index (χ1v) is 6.29. The minimum atomic E-state index is 0.595. The van der Waals surface area contributed by atoms with E-state index in [9.17, 15) is 0 Å². The Bertz CT molecular complexity index is 555. The third-order valence-electron chi connectivity index (χ3n) is 2.45. The van der Waals surface area contributed by atoms with Gasteiger partial charge >= 0.3 is 0 Å². The van der Waals surface area contributed by atoms with Gasteiger partial charge in [0.25, 0.3) is 0 Å². The zero-order valence-corrected chi connectivity index (χ0v) is 11.6. The van der Waals surface area contributed by atoms with Crippen LogP contribution in [0.2, 0.25) is 10.0 Å². The van der Waals surface area contributed by atoms with Crippen molar-refractivity contribution in [2.45, 2.75) is 11.8 Å². The van der Waals surface area contributed by atoms with Crippen molar-refractivity contribution in [2.75, 3.05) is 5.32 Å². The predicted molar refractivity (Wildman–Crippen MR) is 78.2 cm³/mol. The predicted octanol–water partition coefficient (Wildman–Crippen LogP) is 5.33. The van der Waals surface area contributed by atoms with Crippen LogP contribution in [0.15, 0.2) is 41.3 Å². The van der Waals surface area contributed by atoms with Crippen LogP contribution < -0.4 is 5.32 Å². The van der Waals surface area contributed by atoms with Crippen LogP contribution in [0, 0.1) is 6.92 Å². The molecule has 0 saturated carbocycles. The molecule has 0 aliphatic heterocycles. The number of halogens is 2. The fourth-order valence-electron chi connectivity index (χ4n) is 1.49. The van der Waals surface area contributed by atoms with E-state index in [1.54, 1.807) is 0 Å². The largest absolute Gasteiger partial charge is 0.352 e. The molecule has 2 rings (SSSR count). The van der Waals surface area contributed by atoms with Crippen LogP contribution in [0.25, 0.3) is 0 Å². The van der Waals surface area contributed by atoms with Gasteiger partial charge in [-0.25, -0.2) is 0 Å². The van der Waals surface area contributed by atoms with Crippen molar-refractivity contribution in [1.29, 1.82) is 0 Å². The average Bonchev–Trinajstić information content (AvgIpc) is 2.32. The Morgan fingerprint density at radius 3 is 2.47 bits per heavy atom. The summed E-state index contributed by atoms with van der Waals surface area (Å²) in [6, 6.07) is 11.4. The molecular weight excluding hydrogens is 273 g/mol. The van der Waals surface area contributed by atoms with Crippen molar-refractivity contribution >= 4 is 47.2 Å². The second-order valence-corrected chi connectivity index (χ2v) is 4.96. The summed E-state index contributed by atoms with van der Waals surface area (Å²) in [5, 5.41) is 4.44. The number of nitrogens with one attached hydrogen (secondary N) is 1. The highest BCUT2D eigenvalue weighted by Gasteiger charge is 2.09. The van der Waals surface area contributed by atoms with E-state index in [-0.39, 0.29) is 0 Å². The van der Waals surface area contributed by atoms with E-state index in [1.807, 2.05) is 43.3 Å². The summed E-state index contributed by atoms with van der Waals surface area (Å²) in [6.45, 7) is 1.94. The summed E-state index contributed by atoms with van der Waals surface area (Å²) in [4.78, 5) is 0.848. The first kappa shape index (κ1) is 12.6. The number of benzene rings is 2. The summed E-state index contributed by atoms with van der Waals surface area (Å²) in [5.41, 5.74) is 2.58. The van der Waals surface area contributed by atoms with Crippen LogP contribution in [-0.4, -0.2) is 0 Å².